The molecule has 1 rings (SSSR count). The fourth-order valence-electron chi connectivity index (χ4n) is 8.33. The van der Waals surface area contributed by atoms with Crippen molar-refractivity contribution in [3.8, 4) is 0 Å². The van der Waals surface area contributed by atoms with E-state index >= 15 is 0 Å². The third-order valence-corrected chi connectivity index (χ3v) is 13.0. The first-order valence-electron chi connectivity index (χ1n) is 30.5. The number of aliphatic hydroxyl groups excluding tert-OH is 2. The minimum Gasteiger partial charge on any atom is -0.479 e. The number of carbonyl (C=O) groups is 4. The molecule has 79 heavy (non-hydrogen) atoms. The van der Waals surface area contributed by atoms with Gasteiger partial charge in [0.15, 0.2) is 24.6 Å². The van der Waals surface area contributed by atoms with Crippen molar-refractivity contribution in [2.45, 2.75) is 263 Å². The number of carbonyl (C=O) groups excluding carboxylic acids is 3. The second-order valence-electron chi connectivity index (χ2n) is 20.2. The van der Waals surface area contributed by atoms with Gasteiger partial charge in [0, 0.05) is 19.3 Å². The first-order valence-corrected chi connectivity index (χ1v) is 30.5. The summed E-state index contributed by atoms with van der Waals surface area (Å²) >= 11 is 0. The van der Waals surface area contributed by atoms with Crippen molar-refractivity contribution in [2.24, 2.45) is 0 Å². The average Bonchev–Trinajstić information content (AvgIpc) is 3.46. The van der Waals surface area contributed by atoms with E-state index in [0.717, 1.165) is 128 Å². The number of hydrogen-bond acceptors (Lipinski definition) is 11. The summed E-state index contributed by atoms with van der Waals surface area (Å²) in [6, 6.07) is 0. The molecule has 0 radical (unpaired) electrons. The van der Waals surface area contributed by atoms with Crippen LogP contribution in [0.15, 0.2) is 122 Å². The summed E-state index contributed by atoms with van der Waals surface area (Å²) in [7, 11) is 0. The number of esters is 3. The predicted octanol–water partition coefficient (Wildman–Crippen LogP) is 16.0. The maximum absolute atomic E-state index is 13.2. The van der Waals surface area contributed by atoms with Gasteiger partial charge < -0.3 is 39.0 Å². The van der Waals surface area contributed by atoms with Gasteiger partial charge in [-0.1, -0.05) is 206 Å². The van der Waals surface area contributed by atoms with E-state index in [1.807, 2.05) is 12.2 Å². The molecule has 1 aliphatic heterocycles. The van der Waals surface area contributed by atoms with Crippen molar-refractivity contribution in [2.75, 3.05) is 13.2 Å². The number of rotatable bonds is 50. The summed E-state index contributed by atoms with van der Waals surface area (Å²) in [4.78, 5) is 51.2. The van der Waals surface area contributed by atoms with E-state index in [1.165, 1.54) is 38.5 Å². The Morgan fingerprint density at radius 3 is 1.27 bits per heavy atom. The molecule has 3 N–H and O–H groups in total. The van der Waals surface area contributed by atoms with Crippen LogP contribution in [0.5, 0.6) is 0 Å². The summed E-state index contributed by atoms with van der Waals surface area (Å²) in [6.07, 6.45) is 61.7. The maximum atomic E-state index is 13.2. The first-order chi connectivity index (χ1) is 38.6. The van der Waals surface area contributed by atoms with Crippen molar-refractivity contribution in [1.29, 1.82) is 0 Å². The SMILES string of the molecule is CC/C=C\C/C=C\C/C=C\C/C=C\C/C=C\C/C=C\CCC(=O)OCC(COC1OC(C(=O)O)C(O)C(O)C1OC(=O)CCCCCCC/C=C\C/C=C\CCCCC)OC(=O)CCCCCCC/C=C\C/C=C\CCCCC. The van der Waals surface area contributed by atoms with Gasteiger partial charge in [-0.3, -0.25) is 14.4 Å². The van der Waals surface area contributed by atoms with E-state index < -0.39 is 67.3 Å². The number of aliphatic hydroxyl groups is 2. The molecule has 12 nitrogen and oxygen atoms in total. The standard InChI is InChI=1S/C67H106O12/c1-4-7-10-13-16-19-22-25-28-29-30-31-34-35-38-41-44-47-50-53-59(68)75-56-58(77-60(69)54-51-48-45-42-39-36-32-26-23-20-17-14-11-8-5-2)57-76-67-65(63(72)62(71)64(79-67)66(73)74)78-61(70)55-52-49-46-43-40-37-33-27-24-21-18-15-12-9-6-3/h7,10,16-21,25-28,30-33,35,38,44,47,58,62-65,67,71-72H,4-6,8-9,11-15,22-24,29,34,36-37,39-43,45-46,48-57H2,1-3H3,(H,73,74)/b10-7-,19-16-,20-17-,21-18-,28-25-,31-30-,32-26-,33-27-,38-35-,47-44-. The molecule has 1 aliphatic rings. The first kappa shape index (κ1) is 72.1. The molecular weight excluding hydrogens is 997 g/mol. The number of aliphatic carboxylic acids is 1. The second-order valence-corrected chi connectivity index (χ2v) is 20.2. The fraction of sp³-hybridized carbons (Fsp3) is 0.642. The van der Waals surface area contributed by atoms with Crippen LogP contribution in [0, 0.1) is 0 Å². The summed E-state index contributed by atoms with van der Waals surface area (Å²) in [5.74, 6) is -3.28. The molecule has 0 bridgehead atoms. The van der Waals surface area contributed by atoms with Gasteiger partial charge in [0.05, 0.1) is 6.61 Å². The van der Waals surface area contributed by atoms with Crippen LogP contribution >= 0.6 is 0 Å². The summed E-state index contributed by atoms with van der Waals surface area (Å²) in [5, 5.41) is 31.5. The van der Waals surface area contributed by atoms with Crippen LogP contribution in [-0.2, 0) is 42.9 Å². The van der Waals surface area contributed by atoms with Gasteiger partial charge in [0.2, 0.25) is 0 Å². The zero-order chi connectivity index (χ0) is 57.5. The van der Waals surface area contributed by atoms with E-state index in [0.29, 0.717) is 19.3 Å². The van der Waals surface area contributed by atoms with Crippen molar-refractivity contribution in [3.05, 3.63) is 122 Å². The summed E-state index contributed by atoms with van der Waals surface area (Å²) in [5.41, 5.74) is 0. The Hall–Kier alpha value is -4.88. The van der Waals surface area contributed by atoms with Gasteiger partial charge in [0.25, 0.3) is 0 Å². The molecule has 0 aromatic rings. The van der Waals surface area contributed by atoms with Crippen molar-refractivity contribution in [1.82, 2.24) is 0 Å². The van der Waals surface area contributed by atoms with Crippen LogP contribution in [0.1, 0.15) is 226 Å². The lowest BCUT2D eigenvalue weighted by molar-refractivity contribution is -0.301. The Balaban J connectivity index is 2.76. The molecule has 446 valence electrons. The quantitative estimate of drug-likeness (QED) is 0.0228. The zero-order valence-corrected chi connectivity index (χ0v) is 49.1. The van der Waals surface area contributed by atoms with Crippen LogP contribution in [0.4, 0.5) is 0 Å². The lowest BCUT2D eigenvalue weighted by Gasteiger charge is -2.40. The number of allylic oxidation sites excluding steroid dienone is 20. The van der Waals surface area contributed by atoms with Gasteiger partial charge in [0.1, 0.15) is 18.8 Å². The van der Waals surface area contributed by atoms with Crippen LogP contribution in [0.2, 0.25) is 0 Å². The second kappa shape index (κ2) is 53.7. The van der Waals surface area contributed by atoms with Crippen LogP contribution in [0.3, 0.4) is 0 Å². The van der Waals surface area contributed by atoms with Gasteiger partial charge in [-0.05, 0) is 122 Å². The molecule has 12 heteroatoms. The number of ether oxygens (including phenoxy) is 5. The third-order valence-electron chi connectivity index (χ3n) is 13.0. The summed E-state index contributed by atoms with van der Waals surface area (Å²) < 4.78 is 28.3. The Labute approximate surface area is 478 Å². The molecule has 0 aliphatic carbocycles. The van der Waals surface area contributed by atoms with E-state index in [2.05, 4.69) is 130 Å². The Morgan fingerprint density at radius 2 is 0.823 bits per heavy atom. The molecule has 0 spiro atoms. The molecule has 0 saturated carbocycles. The van der Waals surface area contributed by atoms with E-state index in [-0.39, 0.29) is 25.9 Å². The van der Waals surface area contributed by atoms with Gasteiger partial charge >= 0.3 is 23.9 Å². The zero-order valence-electron chi connectivity index (χ0n) is 49.1. The highest BCUT2D eigenvalue weighted by Gasteiger charge is 2.50. The molecule has 6 unspecified atom stereocenters. The molecule has 0 amide bonds. The lowest BCUT2D eigenvalue weighted by atomic mass is 9.98. The highest BCUT2D eigenvalue weighted by molar-refractivity contribution is 5.74. The van der Waals surface area contributed by atoms with Crippen LogP contribution in [-0.4, -0.2) is 89.2 Å². The molecule has 6 atom stereocenters. The van der Waals surface area contributed by atoms with E-state index in [4.69, 9.17) is 23.7 Å². The molecule has 1 heterocycles. The molecule has 1 saturated heterocycles. The number of carboxylic acids is 1. The smallest absolute Gasteiger partial charge is 0.335 e. The highest BCUT2D eigenvalue weighted by atomic mass is 16.7. The van der Waals surface area contributed by atoms with Gasteiger partial charge in [-0.2, -0.15) is 0 Å². The van der Waals surface area contributed by atoms with Gasteiger partial charge in [-0.25, -0.2) is 4.79 Å². The number of unbranched alkanes of at least 4 members (excludes halogenated alkanes) is 16. The molecule has 0 aromatic carbocycles. The maximum Gasteiger partial charge on any atom is 0.335 e. The largest absolute Gasteiger partial charge is 0.479 e. The minimum absolute atomic E-state index is 0.0296. The predicted molar refractivity (Wildman–Crippen MR) is 321 cm³/mol. The average molecular weight is 1100 g/mol. The van der Waals surface area contributed by atoms with Gasteiger partial charge in [-0.15, -0.1) is 0 Å². The van der Waals surface area contributed by atoms with Crippen molar-refractivity contribution in [3.63, 3.8) is 0 Å². The highest BCUT2D eigenvalue weighted by Crippen LogP contribution is 2.26. The Kier molecular flexibility index (Phi) is 49.1. The third kappa shape index (κ3) is 43.6. The Morgan fingerprint density at radius 1 is 0.430 bits per heavy atom. The normalized spacial score (nSPS) is 18.7. The molecular formula is C67H106O12. The lowest BCUT2D eigenvalue weighted by Crippen LogP contribution is -2.61. The monoisotopic (exact) mass is 1100 g/mol. The minimum atomic E-state index is -1.93. The topological polar surface area (TPSA) is 175 Å². The van der Waals surface area contributed by atoms with Crippen LogP contribution < -0.4 is 0 Å². The number of carboxylic acid groups (broad SMARTS) is 1. The van der Waals surface area contributed by atoms with E-state index in [1.54, 1.807) is 0 Å². The number of hydrogen-bond donors (Lipinski definition) is 3. The fourth-order valence-corrected chi connectivity index (χ4v) is 8.33. The Bertz CT molecular complexity index is 1840. The molecule has 0 aromatic heterocycles. The summed E-state index contributed by atoms with van der Waals surface area (Å²) in [6.45, 7) is 5.73. The van der Waals surface area contributed by atoms with Crippen molar-refractivity contribution < 1.29 is 58.2 Å². The molecule has 1 fully saturated rings. The van der Waals surface area contributed by atoms with Crippen LogP contribution in [0.25, 0.3) is 0 Å². The van der Waals surface area contributed by atoms with E-state index in [9.17, 15) is 34.5 Å². The van der Waals surface area contributed by atoms with Crippen molar-refractivity contribution >= 4 is 23.9 Å².